The largest absolute Gasteiger partial charge is 0.480 e. The minimum atomic E-state index is -1.17. The van der Waals surface area contributed by atoms with E-state index in [0.29, 0.717) is 71.0 Å². The Balaban J connectivity index is 1.38. The molecule has 2 aromatic rings. The molecule has 94 heavy (non-hydrogen) atoms. The maximum Gasteiger partial charge on any atom is 0.326 e. The highest BCUT2D eigenvalue weighted by Gasteiger charge is 2.44. The van der Waals surface area contributed by atoms with E-state index in [9.17, 15) is 57.8 Å². The highest BCUT2D eigenvalue weighted by molar-refractivity contribution is 6.03. The molecule has 22 nitrogen and oxygen atoms in total. The van der Waals surface area contributed by atoms with Gasteiger partial charge in [-0.2, -0.15) is 0 Å². The summed E-state index contributed by atoms with van der Waals surface area (Å²) in [5.74, 6) is -6.35. The van der Waals surface area contributed by atoms with E-state index in [2.05, 4.69) is 16.0 Å². The van der Waals surface area contributed by atoms with Crippen molar-refractivity contribution in [3.05, 3.63) is 71.3 Å². The maximum absolute atomic E-state index is 14.9. The first kappa shape index (κ1) is 79.5. The number of rotatable bonds is 43. The molecule has 2 heterocycles. The van der Waals surface area contributed by atoms with Crippen molar-refractivity contribution in [1.82, 2.24) is 35.6 Å². The summed E-state index contributed by atoms with van der Waals surface area (Å²) in [5.41, 5.74) is 7.75. The number of nitrogens with one attached hydrogen (secondary N) is 3. The van der Waals surface area contributed by atoms with Crippen molar-refractivity contribution < 1.29 is 67.3 Å². The van der Waals surface area contributed by atoms with Crippen LogP contribution in [0, 0.1) is 47.3 Å². The lowest BCUT2D eigenvalue weighted by Crippen LogP contribution is -2.55. The van der Waals surface area contributed by atoms with Crippen LogP contribution in [0.5, 0.6) is 0 Å². The van der Waals surface area contributed by atoms with Crippen LogP contribution in [0.4, 0.5) is 4.79 Å². The van der Waals surface area contributed by atoms with E-state index in [1.165, 1.54) is 19.1 Å². The first-order valence-electron chi connectivity index (χ1n) is 34.2. The van der Waals surface area contributed by atoms with Gasteiger partial charge in [-0.15, -0.1) is 0 Å². The number of ether oxygens (including phenoxy) is 2. The summed E-state index contributed by atoms with van der Waals surface area (Å²) in [4.78, 5) is 154. The number of likely N-dealkylation sites (tertiary alicyclic amines) is 2. The number of unbranched alkanes of at least 4 members (excludes halogenated alkanes) is 2. The van der Waals surface area contributed by atoms with E-state index in [4.69, 9.17) is 15.2 Å². The predicted octanol–water partition coefficient (Wildman–Crippen LogP) is 7.38. The smallest absolute Gasteiger partial charge is 0.326 e. The molecule has 0 saturated carbocycles. The molecule has 0 bridgehead atoms. The van der Waals surface area contributed by atoms with Gasteiger partial charge in [0.2, 0.25) is 35.4 Å². The fourth-order valence-electron chi connectivity index (χ4n) is 13.5. The van der Waals surface area contributed by atoms with Crippen LogP contribution < -0.4 is 21.7 Å². The molecule has 6 N–H and O–H groups in total. The van der Waals surface area contributed by atoms with Crippen LogP contribution >= 0.6 is 0 Å². The number of carboxylic acids is 1. The minimum absolute atomic E-state index is 0.00271. The van der Waals surface area contributed by atoms with Crippen LogP contribution in [-0.4, -0.2) is 186 Å². The van der Waals surface area contributed by atoms with Gasteiger partial charge in [0.25, 0.3) is 0 Å². The van der Waals surface area contributed by atoms with Gasteiger partial charge in [0.05, 0.1) is 48.7 Å². The van der Waals surface area contributed by atoms with Crippen LogP contribution in [0.1, 0.15) is 169 Å². The Morgan fingerprint density at radius 3 is 1.94 bits per heavy atom. The number of imide groups is 1. The zero-order valence-electron chi connectivity index (χ0n) is 58.6. The molecule has 12 atom stereocenters. The second kappa shape index (κ2) is 39.2. The summed E-state index contributed by atoms with van der Waals surface area (Å²) >= 11 is 0. The monoisotopic (exact) mass is 1310 g/mol. The number of amides is 8. The number of benzene rings is 2. The summed E-state index contributed by atoms with van der Waals surface area (Å²) in [6.45, 7) is 20.5. The Labute approximate surface area is 558 Å². The van der Waals surface area contributed by atoms with E-state index < -0.39 is 84.0 Å². The predicted molar refractivity (Wildman–Crippen MR) is 360 cm³/mol. The number of ketones is 3. The third kappa shape index (κ3) is 23.8. The molecular weight excluding hydrogens is 1200 g/mol. The number of aliphatic carboxylic acids is 1. The topological polar surface area (TPSA) is 302 Å². The number of Topliss-reactive ketones (excluding diaryl/α,β-unsaturated/α-hetero) is 3. The normalized spacial score (nSPS) is 18.3. The summed E-state index contributed by atoms with van der Waals surface area (Å²) in [6, 6.07) is 12.3. The van der Waals surface area contributed by atoms with Gasteiger partial charge in [-0.3, -0.25) is 53.0 Å². The Morgan fingerprint density at radius 1 is 0.734 bits per heavy atom. The SMILES string of the molecule is CC[C@H](C)[C@@H]([C@@H](CC(=O)N1CCC[C@H]1[C@H](OC)[C@@H](C)C(=O)N[C@@H](Cc1ccccc1)C(=O)O)OC)N(C)C(=O)[C@@H](CC(=O)[C@H](C(C)C)N(C)CCc1ccc(CC(=O)[C@H](CCCNC(N)=O)NC(=O)[C@@H](CC(=O)CCCCCN2C(=O)CC(C)C2=O)C(C)C)cc1)C(C)C. The molecule has 0 aromatic heterocycles. The first-order chi connectivity index (χ1) is 44.4. The number of nitrogens with two attached hydrogens (primary N) is 1. The first-order valence-corrected chi connectivity index (χ1v) is 34.2. The van der Waals surface area contributed by atoms with E-state index >= 15 is 0 Å². The zero-order chi connectivity index (χ0) is 70.1. The number of carboxylic acid groups (broad SMARTS) is 1. The number of hydrogen-bond donors (Lipinski definition) is 5. The van der Waals surface area contributed by atoms with Crippen molar-refractivity contribution >= 4 is 64.8 Å². The average Bonchev–Trinajstić information content (AvgIpc) is 1.35. The average molecular weight is 1310 g/mol. The molecule has 524 valence electrons. The molecule has 2 aromatic carbocycles. The van der Waals surface area contributed by atoms with Crippen LogP contribution in [-0.2, 0) is 76.7 Å². The van der Waals surface area contributed by atoms with Gasteiger partial charge >= 0.3 is 12.0 Å². The van der Waals surface area contributed by atoms with Crippen LogP contribution in [0.15, 0.2) is 54.6 Å². The second-order valence-corrected chi connectivity index (χ2v) is 27.5. The molecule has 2 aliphatic rings. The van der Waals surface area contributed by atoms with Gasteiger partial charge in [-0.25, -0.2) is 9.59 Å². The fourth-order valence-corrected chi connectivity index (χ4v) is 13.5. The summed E-state index contributed by atoms with van der Waals surface area (Å²) in [6.07, 6.45) is 3.87. The second-order valence-electron chi connectivity index (χ2n) is 27.5. The highest BCUT2D eigenvalue weighted by Crippen LogP contribution is 2.32. The standard InChI is InChI=1S/C72H112N8O14/c1-15-47(8)65(61(93-13)43-63(85)79-36-23-28-58(79)66(94-14)49(10)67(86)76-57(71(90)91)39-51-24-18-16-19-25-51)78(12)70(89)55(45(4)5)42-60(83)64(46(6)7)77(11)37-33-50-29-31-52(32-30-50)40-59(82)56(27-22-34-74-72(73)92)75-68(87)54(44(2)3)41-53(81)26-20-17-21-35-80-62(84)38-48(9)69(80)88/h16,18-19,24-25,29-32,44-49,54-58,61,64-66H,15,17,20-23,26-28,33-43H2,1-14H3,(H,75,87)(H,76,86)(H,90,91)(H3,73,74,92)/t47-,48?,49+,54-,55-,56-,57-,58-,61+,64-,65-,66+/m0/s1. The molecule has 4 rings (SSSR count). The van der Waals surface area contributed by atoms with Gasteiger partial charge in [-0.05, 0) is 92.4 Å². The molecule has 0 radical (unpaired) electrons. The molecular formula is C72H112N8O14. The lowest BCUT2D eigenvalue weighted by atomic mass is 9.83. The molecule has 8 amide bonds. The third-order valence-corrected chi connectivity index (χ3v) is 19.4. The minimum Gasteiger partial charge on any atom is -0.480 e. The number of carbonyl (C=O) groups excluding carboxylic acids is 10. The van der Waals surface area contributed by atoms with Gasteiger partial charge < -0.3 is 46.1 Å². The van der Waals surface area contributed by atoms with Crippen LogP contribution in [0.25, 0.3) is 0 Å². The number of primary amides is 1. The molecule has 0 aliphatic carbocycles. The summed E-state index contributed by atoms with van der Waals surface area (Å²) < 4.78 is 12.1. The Morgan fingerprint density at radius 2 is 1.37 bits per heavy atom. The van der Waals surface area contributed by atoms with E-state index in [1.807, 2.05) is 97.7 Å². The summed E-state index contributed by atoms with van der Waals surface area (Å²) in [7, 11) is 6.65. The van der Waals surface area contributed by atoms with Crippen molar-refractivity contribution in [2.24, 2.45) is 53.1 Å². The van der Waals surface area contributed by atoms with Gasteiger partial charge in [-0.1, -0.05) is 137 Å². The fraction of sp³-hybridized carbons (Fsp3) is 0.681. The highest BCUT2D eigenvalue weighted by atomic mass is 16.5. The Bertz CT molecular complexity index is 2830. The molecule has 1 unspecified atom stereocenters. The Hall–Kier alpha value is -6.91. The van der Waals surface area contributed by atoms with Crippen molar-refractivity contribution in [2.75, 3.05) is 54.5 Å². The van der Waals surface area contributed by atoms with Gasteiger partial charge in [0.15, 0.2) is 11.6 Å². The van der Waals surface area contributed by atoms with Gasteiger partial charge in [0.1, 0.15) is 11.8 Å². The molecule has 22 heteroatoms. The zero-order valence-corrected chi connectivity index (χ0v) is 58.6. The van der Waals surface area contributed by atoms with Crippen LogP contribution in [0.2, 0.25) is 0 Å². The number of carbonyl (C=O) groups is 11. The maximum atomic E-state index is 14.9. The number of likely N-dealkylation sites (N-methyl/N-ethyl adjacent to an activating group) is 2. The van der Waals surface area contributed by atoms with Crippen LogP contribution in [0.3, 0.4) is 0 Å². The van der Waals surface area contributed by atoms with E-state index in [-0.39, 0.29) is 128 Å². The quantitative estimate of drug-likeness (QED) is 0.0320. The van der Waals surface area contributed by atoms with E-state index in [1.54, 1.807) is 55.0 Å². The molecule has 2 fully saturated rings. The van der Waals surface area contributed by atoms with Gasteiger partial charge in [0, 0.05) is 104 Å². The number of hydrogen-bond acceptors (Lipinski definition) is 14. The van der Waals surface area contributed by atoms with E-state index in [0.717, 1.165) is 16.7 Å². The van der Waals surface area contributed by atoms with Crippen molar-refractivity contribution in [3.8, 4) is 0 Å². The summed E-state index contributed by atoms with van der Waals surface area (Å²) in [5, 5.41) is 18.2. The third-order valence-electron chi connectivity index (χ3n) is 19.4. The van der Waals surface area contributed by atoms with Crippen molar-refractivity contribution in [2.45, 2.75) is 214 Å². The molecule has 2 saturated heterocycles. The van der Waals surface area contributed by atoms with Crippen molar-refractivity contribution in [1.29, 1.82) is 0 Å². The molecule has 0 spiro atoms. The van der Waals surface area contributed by atoms with Crippen molar-refractivity contribution in [3.63, 3.8) is 0 Å². The lowest BCUT2D eigenvalue weighted by molar-refractivity contribution is -0.149. The molecule has 2 aliphatic heterocycles. The lowest BCUT2D eigenvalue weighted by Gasteiger charge is -2.41. The number of methoxy groups -OCH3 is 2. The Kier molecular flexibility index (Phi) is 33.2. The number of urea groups is 1. The number of nitrogens with zero attached hydrogens (tertiary/aromatic N) is 4.